The lowest BCUT2D eigenvalue weighted by Gasteiger charge is -2.29. The van der Waals surface area contributed by atoms with Crippen LogP contribution in [0, 0.1) is 37.0 Å². The zero-order chi connectivity index (χ0) is 21.6. The van der Waals surface area contributed by atoms with E-state index in [0.29, 0.717) is 11.8 Å². The smallest absolute Gasteiger partial charge is 0.349 e. The molecule has 1 aromatic rings. The second kappa shape index (κ2) is 10.3. The Bertz CT molecular complexity index is 814. The molecule has 0 aromatic carbocycles. The molecule has 2 rings (SSSR count). The number of hydrogen-bond donors (Lipinski definition) is 1. The molecule has 1 heterocycles. The van der Waals surface area contributed by atoms with Gasteiger partial charge in [-0.2, -0.15) is 5.26 Å². The Kier molecular flexibility index (Phi) is 8.07. The van der Waals surface area contributed by atoms with Gasteiger partial charge in [-0.25, -0.2) is 4.79 Å². The minimum Gasteiger partial charge on any atom is -0.451 e. The van der Waals surface area contributed by atoms with Crippen molar-refractivity contribution in [3.8, 4) is 6.07 Å². The van der Waals surface area contributed by atoms with E-state index < -0.39 is 5.97 Å². The summed E-state index contributed by atoms with van der Waals surface area (Å²) >= 11 is 0. The van der Waals surface area contributed by atoms with Crippen LogP contribution in [-0.2, 0) is 20.9 Å². The Balaban J connectivity index is 2.00. The molecular weight excluding hydrogens is 366 g/mol. The Morgan fingerprint density at radius 3 is 2.66 bits per heavy atom. The summed E-state index contributed by atoms with van der Waals surface area (Å²) in [5, 5.41) is 12.4. The number of rotatable bonds is 7. The molecule has 6 heteroatoms. The van der Waals surface area contributed by atoms with Crippen LogP contribution in [0.25, 0.3) is 6.08 Å². The van der Waals surface area contributed by atoms with Gasteiger partial charge in [-0.3, -0.25) is 4.79 Å². The summed E-state index contributed by atoms with van der Waals surface area (Å²) < 4.78 is 7.27. The lowest BCUT2D eigenvalue weighted by molar-refractivity contribution is -0.144. The van der Waals surface area contributed by atoms with Crippen molar-refractivity contribution in [1.82, 2.24) is 9.88 Å². The van der Waals surface area contributed by atoms with Gasteiger partial charge < -0.3 is 14.6 Å². The lowest BCUT2D eigenvalue weighted by atomic mass is 9.86. The molecule has 0 bridgehead atoms. The molecule has 29 heavy (non-hydrogen) atoms. The average molecular weight is 400 g/mol. The second-order valence-electron chi connectivity index (χ2n) is 8.51. The fraction of sp³-hybridized carbons (Fsp3) is 0.609. The van der Waals surface area contributed by atoms with E-state index in [4.69, 9.17) is 4.74 Å². The van der Waals surface area contributed by atoms with Crippen molar-refractivity contribution < 1.29 is 14.3 Å². The summed E-state index contributed by atoms with van der Waals surface area (Å²) in [4.78, 5) is 24.5. The van der Waals surface area contributed by atoms with Crippen molar-refractivity contribution in [2.75, 3.05) is 6.61 Å². The first-order valence-electron chi connectivity index (χ1n) is 10.5. The van der Waals surface area contributed by atoms with Gasteiger partial charge in [0.05, 0.1) is 0 Å². The van der Waals surface area contributed by atoms with Crippen molar-refractivity contribution in [3.05, 3.63) is 28.6 Å². The van der Waals surface area contributed by atoms with Crippen LogP contribution in [0.4, 0.5) is 0 Å². The van der Waals surface area contributed by atoms with Gasteiger partial charge >= 0.3 is 5.97 Å². The van der Waals surface area contributed by atoms with Gasteiger partial charge in [0.1, 0.15) is 11.6 Å². The number of carbonyl (C=O) groups excluding carboxylic acids is 2. The van der Waals surface area contributed by atoms with Gasteiger partial charge in [-0.15, -0.1) is 0 Å². The zero-order valence-corrected chi connectivity index (χ0v) is 18.2. The highest BCUT2D eigenvalue weighted by molar-refractivity contribution is 5.99. The molecule has 1 aliphatic carbocycles. The van der Waals surface area contributed by atoms with Crippen LogP contribution in [-0.4, -0.2) is 29.1 Å². The fourth-order valence-electron chi connectivity index (χ4n) is 3.90. The Hall–Kier alpha value is -2.55. The number of nitriles is 1. The summed E-state index contributed by atoms with van der Waals surface area (Å²) in [5.41, 5.74) is 2.79. The highest BCUT2D eigenvalue weighted by Gasteiger charge is 2.23. The molecule has 0 aliphatic heterocycles. The Morgan fingerprint density at radius 2 is 2.03 bits per heavy atom. The van der Waals surface area contributed by atoms with Gasteiger partial charge in [0.15, 0.2) is 6.61 Å². The summed E-state index contributed by atoms with van der Waals surface area (Å²) in [5.74, 6) is -0.168. The van der Waals surface area contributed by atoms with E-state index in [1.807, 2.05) is 26.0 Å². The molecule has 158 valence electrons. The summed E-state index contributed by atoms with van der Waals surface area (Å²) in [6.07, 6.45) is 5.89. The van der Waals surface area contributed by atoms with E-state index in [1.165, 1.54) is 6.42 Å². The van der Waals surface area contributed by atoms with E-state index in [9.17, 15) is 14.9 Å². The van der Waals surface area contributed by atoms with E-state index in [1.54, 1.807) is 6.08 Å². The monoisotopic (exact) mass is 399 g/mol. The van der Waals surface area contributed by atoms with Crippen LogP contribution in [0.2, 0.25) is 0 Å². The number of nitrogens with zero attached hydrogens (tertiary/aromatic N) is 2. The maximum atomic E-state index is 12.3. The molecule has 2 atom stereocenters. The minimum atomic E-state index is -0.770. The number of ether oxygens (including phenoxy) is 1. The van der Waals surface area contributed by atoms with Crippen molar-refractivity contribution in [2.24, 2.45) is 11.8 Å². The summed E-state index contributed by atoms with van der Waals surface area (Å²) in [6.45, 7) is 10.9. The molecule has 2 unspecified atom stereocenters. The standard InChI is InChI=1S/C23H33N3O3/c1-15(2)13-26-17(4)10-19(18(26)5)11-20(12-24)23(28)29-14-22(27)25-21-9-7-6-8-16(21)3/h10-11,15-16,21H,6-9,13-14H2,1-5H3,(H,25,27)/b20-11+. The van der Waals surface area contributed by atoms with Gasteiger partial charge in [-0.1, -0.05) is 33.6 Å². The SMILES string of the molecule is Cc1cc(/C=C(\C#N)C(=O)OCC(=O)NC2CCCCC2C)c(C)n1CC(C)C. The summed E-state index contributed by atoms with van der Waals surface area (Å²) in [7, 11) is 0. The van der Waals surface area contributed by atoms with E-state index in [0.717, 1.165) is 42.8 Å². The van der Waals surface area contributed by atoms with Crippen molar-refractivity contribution >= 4 is 18.0 Å². The lowest BCUT2D eigenvalue weighted by Crippen LogP contribution is -2.42. The predicted octanol–water partition coefficient (Wildman–Crippen LogP) is 3.91. The summed E-state index contributed by atoms with van der Waals surface area (Å²) in [6, 6.07) is 3.99. The third-order valence-corrected chi connectivity index (χ3v) is 5.59. The second-order valence-corrected chi connectivity index (χ2v) is 8.51. The predicted molar refractivity (Wildman–Crippen MR) is 113 cm³/mol. The van der Waals surface area contributed by atoms with E-state index in [-0.39, 0.29) is 24.1 Å². The third-order valence-electron chi connectivity index (χ3n) is 5.59. The Labute approximate surface area is 173 Å². The van der Waals surface area contributed by atoms with Gasteiger partial charge in [-0.05, 0) is 56.2 Å². The molecule has 0 spiro atoms. The first-order valence-corrected chi connectivity index (χ1v) is 10.5. The molecule has 0 saturated heterocycles. The van der Waals surface area contributed by atoms with Crippen LogP contribution in [0.15, 0.2) is 11.6 Å². The number of hydrogen-bond acceptors (Lipinski definition) is 4. The maximum absolute atomic E-state index is 12.3. The maximum Gasteiger partial charge on any atom is 0.349 e. The van der Waals surface area contributed by atoms with Crippen LogP contribution in [0.5, 0.6) is 0 Å². The number of amides is 1. The number of aromatic nitrogens is 1. The topological polar surface area (TPSA) is 84.1 Å². The number of carbonyl (C=O) groups is 2. The highest BCUT2D eigenvalue weighted by atomic mass is 16.5. The fourth-order valence-corrected chi connectivity index (χ4v) is 3.90. The minimum absolute atomic E-state index is 0.103. The van der Waals surface area contributed by atoms with Gasteiger partial charge in [0, 0.05) is 24.0 Å². The number of esters is 1. The van der Waals surface area contributed by atoms with Crippen LogP contribution < -0.4 is 5.32 Å². The molecule has 1 fully saturated rings. The molecule has 1 aliphatic rings. The average Bonchev–Trinajstić information content (AvgIpc) is 2.93. The van der Waals surface area contributed by atoms with Crippen LogP contribution in [0.1, 0.15) is 63.4 Å². The van der Waals surface area contributed by atoms with Gasteiger partial charge in [0.2, 0.25) is 0 Å². The van der Waals surface area contributed by atoms with E-state index >= 15 is 0 Å². The number of nitrogens with one attached hydrogen (secondary N) is 1. The molecule has 6 nitrogen and oxygen atoms in total. The zero-order valence-electron chi connectivity index (χ0n) is 18.2. The quantitative estimate of drug-likeness (QED) is 0.428. The van der Waals surface area contributed by atoms with Crippen molar-refractivity contribution in [1.29, 1.82) is 5.26 Å². The van der Waals surface area contributed by atoms with Gasteiger partial charge in [0.25, 0.3) is 5.91 Å². The molecule has 1 aromatic heterocycles. The largest absolute Gasteiger partial charge is 0.451 e. The van der Waals surface area contributed by atoms with Crippen LogP contribution in [0.3, 0.4) is 0 Å². The first-order chi connectivity index (χ1) is 13.7. The van der Waals surface area contributed by atoms with Crippen molar-refractivity contribution in [2.45, 2.75) is 72.9 Å². The Morgan fingerprint density at radius 1 is 1.34 bits per heavy atom. The molecular formula is C23H33N3O3. The first kappa shape index (κ1) is 22.7. The molecule has 1 saturated carbocycles. The van der Waals surface area contributed by atoms with E-state index in [2.05, 4.69) is 30.7 Å². The molecule has 0 radical (unpaired) electrons. The molecule has 1 N–H and O–H groups in total. The number of aryl methyl sites for hydroxylation is 1. The third kappa shape index (κ3) is 6.22. The van der Waals surface area contributed by atoms with Crippen molar-refractivity contribution in [3.63, 3.8) is 0 Å². The molecule has 1 amide bonds. The highest BCUT2D eigenvalue weighted by Crippen LogP contribution is 2.23. The van der Waals surface area contributed by atoms with Crippen LogP contribution >= 0.6 is 0 Å². The normalized spacial score (nSPS) is 19.7.